The third kappa shape index (κ3) is 3.63. The molecule has 7 heteroatoms. The van der Waals surface area contributed by atoms with Gasteiger partial charge in [0.1, 0.15) is 0 Å². The lowest BCUT2D eigenvalue weighted by Crippen LogP contribution is -2.21. The van der Waals surface area contributed by atoms with Gasteiger partial charge in [0.25, 0.3) is 11.5 Å². The number of hydrogen-bond acceptors (Lipinski definition) is 5. The number of benzene rings is 2. The van der Waals surface area contributed by atoms with Crippen molar-refractivity contribution in [1.29, 1.82) is 0 Å². The number of amides is 1. The zero-order valence-corrected chi connectivity index (χ0v) is 15.4. The Hall–Kier alpha value is -3.32. The molecule has 2 aromatic heterocycles. The summed E-state index contributed by atoms with van der Waals surface area (Å²) >= 11 is 1.43. The summed E-state index contributed by atoms with van der Waals surface area (Å²) in [5.41, 5.74) is 2.05. The number of nitrogens with one attached hydrogen (secondary N) is 1. The summed E-state index contributed by atoms with van der Waals surface area (Å²) in [5, 5.41) is 3.95. The predicted molar refractivity (Wildman–Crippen MR) is 106 cm³/mol. The van der Waals surface area contributed by atoms with Crippen LogP contribution in [0.1, 0.15) is 20.8 Å². The number of nitrogens with zero attached hydrogens (tertiary/aromatic N) is 3. The van der Waals surface area contributed by atoms with E-state index in [0.717, 1.165) is 10.4 Å². The smallest absolute Gasteiger partial charge is 0.261 e. The first-order valence-electron chi connectivity index (χ1n) is 8.37. The first kappa shape index (κ1) is 17.1. The number of para-hydroxylation sites is 1. The Labute approximate surface area is 159 Å². The van der Waals surface area contributed by atoms with Crippen molar-refractivity contribution in [2.24, 2.45) is 0 Å². The molecule has 0 atom stereocenters. The Morgan fingerprint density at radius 2 is 1.89 bits per heavy atom. The molecule has 134 valence electrons. The maximum Gasteiger partial charge on any atom is 0.261 e. The third-order valence-corrected chi connectivity index (χ3v) is 4.97. The number of hydrogen-bond donors (Lipinski definition) is 1. The Balaban J connectivity index is 1.52. The second kappa shape index (κ2) is 7.13. The minimum Gasteiger partial charge on any atom is -0.298 e. The maximum absolute atomic E-state index is 12.6. The van der Waals surface area contributed by atoms with Crippen molar-refractivity contribution in [3.8, 4) is 0 Å². The van der Waals surface area contributed by atoms with E-state index in [-0.39, 0.29) is 11.5 Å². The van der Waals surface area contributed by atoms with Gasteiger partial charge in [0.15, 0.2) is 5.13 Å². The van der Waals surface area contributed by atoms with Gasteiger partial charge in [-0.1, -0.05) is 24.3 Å². The molecule has 0 saturated carbocycles. The number of aromatic nitrogens is 3. The summed E-state index contributed by atoms with van der Waals surface area (Å²) in [6.07, 6.45) is 3.27. The number of thiazole rings is 1. The molecule has 0 aliphatic heterocycles. The molecular formula is C20H16N4O2S. The zero-order chi connectivity index (χ0) is 18.8. The van der Waals surface area contributed by atoms with Gasteiger partial charge >= 0.3 is 0 Å². The van der Waals surface area contributed by atoms with Gasteiger partial charge in [-0.25, -0.2) is 9.97 Å². The fourth-order valence-electron chi connectivity index (χ4n) is 2.76. The van der Waals surface area contributed by atoms with Crippen LogP contribution in [-0.2, 0) is 6.54 Å². The van der Waals surface area contributed by atoms with E-state index >= 15 is 0 Å². The molecule has 4 aromatic rings. The molecule has 2 heterocycles. The number of carbonyl (C=O) groups excluding carboxylic acids is 1. The first-order chi connectivity index (χ1) is 13.1. The van der Waals surface area contributed by atoms with E-state index in [2.05, 4.69) is 15.3 Å². The fraction of sp³-hybridized carbons (Fsp3) is 0.100. The van der Waals surface area contributed by atoms with Gasteiger partial charge in [-0.3, -0.25) is 19.5 Å². The highest BCUT2D eigenvalue weighted by atomic mass is 32.1. The Morgan fingerprint density at radius 3 is 2.63 bits per heavy atom. The van der Waals surface area contributed by atoms with Crippen molar-refractivity contribution in [1.82, 2.24) is 14.5 Å². The molecule has 0 aliphatic carbocycles. The highest BCUT2D eigenvalue weighted by Gasteiger charge is 2.09. The van der Waals surface area contributed by atoms with Gasteiger partial charge in [-0.2, -0.15) is 0 Å². The fourth-order valence-corrected chi connectivity index (χ4v) is 3.42. The van der Waals surface area contributed by atoms with Crippen LogP contribution < -0.4 is 10.9 Å². The number of aryl methyl sites for hydroxylation is 1. The van der Waals surface area contributed by atoms with Crippen molar-refractivity contribution >= 4 is 33.3 Å². The molecule has 0 bridgehead atoms. The summed E-state index contributed by atoms with van der Waals surface area (Å²) in [6, 6.07) is 14.4. The highest BCUT2D eigenvalue weighted by molar-refractivity contribution is 7.15. The average molecular weight is 376 g/mol. The Kier molecular flexibility index (Phi) is 4.52. The van der Waals surface area contributed by atoms with E-state index in [0.29, 0.717) is 28.1 Å². The standard InChI is InChI=1S/C20H16N4O2S/c1-13-10-21-20(27-13)23-18(25)15-8-6-14(7-9-15)11-24-12-22-17-5-3-2-4-16(17)19(24)26/h2-10,12H,11H2,1H3,(H,21,23,25). The number of anilines is 1. The van der Waals surface area contributed by atoms with Gasteiger partial charge < -0.3 is 0 Å². The van der Waals surface area contributed by atoms with Crippen molar-refractivity contribution in [2.75, 3.05) is 5.32 Å². The van der Waals surface area contributed by atoms with Crippen LogP contribution in [0, 0.1) is 6.92 Å². The maximum atomic E-state index is 12.6. The van der Waals surface area contributed by atoms with Crippen LogP contribution in [0.2, 0.25) is 0 Å². The van der Waals surface area contributed by atoms with E-state index in [9.17, 15) is 9.59 Å². The van der Waals surface area contributed by atoms with Crippen molar-refractivity contribution < 1.29 is 4.79 Å². The quantitative estimate of drug-likeness (QED) is 0.592. The third-order valence-electron chi connectivity index (χ3n) is 4.14. The van der Waals surface area contributed by atoms with Gasteiger partial charge in [0, 0.05) is 16.6 Å². The van der Waals surface area contributed by atoms with Crippen LogP contribution in [-0.4, -0.2) is 20.4 Å². The highest BCUT2D eigenvalue weighted by Crippen LogP contribution is 2.17. The summed E-state index contributed by atoms with van der Waals surface area (Å²) in [4.78, 5) is 34.3. The minimum absolute atomic E-state index is 0.0819. The molecule has 1 N–H and O–H groups in total. The minimum atomic E-state index is -0.208. The van der Waals surface area contributed by atoms with Crippen LogP contribution in [0.15, 0.2) is 65.8 Å². The molecule has 2 aromatic carbocycles. The van der Waals surface area contributed by atoms with Crippen LogP contribution in [0.5, 0.6) is 0 Å². The molecule has 27 heavy (non-hydrogen) atoms. The van der Waals surface area contributed by atoms with Crippen molar-refractivity contribution in [2.45, 2.75) is 13.5 Å². The summed E-state index contributed by atoms with van der Waals surface area (Å²) in [6.45, 7) is 2.33. The molecule has 0 spiro atoms. The number of fused-ring (bicyclic) bond motifs is 1. The zero-order valence-electron chi connectivity index (χ0n) is 14.5. The second-order valence-electron chi connectivity index (χ2n) is 6.12. The summed E-state index contributed by atoms with van der Waals surface area (Å²) in [5.74, 6) is -0.208. The van der Waals surface area contributed by atoms with Crippen molar-refractivity contribution in [3.05, 3.63) is 87.4 Å². The molecule has 0 radical (unpaired) electrons. The monoisotopic (exact) mass is 376 g/mol. The average Bonchev–Trinajstić information content (AvgIpc) is 3.09. The molecule has 0 aliphatic rings. The molecule has 4 rings (SSSR count). The molecule has 1 amide bonds. The lowest BCUT2D eigenvalue weighted by Gasteiger charge is -2.08. The molecule has 0 fully saturated rings. The second-order valence-corrected chi connectivity index (χ2v) is 7.36. The Morgan fingerprint density at radius 1 is 1.11 bits per heavy atom. The predicted octanol–water partition coefficient (Wildman–Crippen LogP) is 3.46. The molecule has 0 saturated heterocycles. The van der Waals surface area contributed by atoms with E-state index in [4.69, 9.17) is 0 Å². The van der Waals surface area contributed by atoms with Gasteiger partial charge in [-0.05, 0) is 36.8 Å². The SMILES string of the molecule is Cc1cnc(NC(=O)c2ccc(Cn3cnc4ccccc4c3=O)cc2)s1. The Bertz CT molecular complexity index is 1180. The van der Waals surface area contributed by atoms with E-state index < -0.39 is 0 Å². The largest absolute Gasteiger partial charge is 0.298 e. The molecule has 6 nitrogen and oxygen atoms in total. The van der Waals surface area contributed by atoms with Crippen LogP contribution in [0.25, 0.3) is 10.9 Å². The summed E-state index contributed by atoms with van der Waals surface area (Å²) in [7, 11) is 0. The number of rotatable bonds is 4. The first-order valence-corrected chi connectivity index (χ1v) is 9.19. The molecular weight excluding hydrogens is 360 g/mol. The van der Waals surface area contributed by atoms with Crippen LogP contribution >= 0.6 is 11.3 Å². The van der Waals surface area contributed by atoms with Gasteiger partial charge in [-0.15, -0.1) is 11.3 Å². The normalized spacial score (nSPS) is 10.9. The lowest BCUT2D eigenvalue weighted by molar-refractivity contribution is 0.102. The van der Waals surface area contributed by atoms with E-state index in [1.807, 2.05) is 37.3 Å². The van der Waals surface area contributed by atoms with Crippen LogP contribution in [0.4, 0.5) is 5.13 Å². The summed E-state index contributed by atoms with van der Waals surface area (Å²) < 4.78 is 1.57. The van der Waals surface area contributed by atoms with Crippen molar-refractivity contribution in [3.63, 3.8) is 0 Å². The van der Waals surface area contributed by atoms with Gasteiger partial charge in [0.05, 0.1) is 23.8 Å². The van der Waals surface area contributed by atoms with E-state index in [1.54, 1.807) is 35.3 Å². The molecule has 0 unspecified atom stereocenters. The van der Waals surface area contributed by atoms with Crippen LogP contribution in [0.3, 0.4) is 0 Å². The topological polar surface area (TPSA) is 76.9 Å². The van der Waals surface area contributed by atoms with Gasteiger partial charge in [0.2, 0.25) is 0 Å². The van der Waals surface area contributed by atoms with E-state index in [1.165, 1.54) is 11.3 Å². The lowest BCUT2D eigenvalue weighted by atomic mass is 10.1. The number of carbonyl (C=O) groups is 1.